The van der Waals surface area contributed by atoms with E-state index in [1.54, 1.807) is 0 Å². The van der Waals surface area contributed by atoms with Gasteiger partial charge in [-0.25, -0.2) is 0 Å². The zero-order valence-corrected chi connectivity index (χ0v) is 33.7. The van der Waals surface area contributed by atoms with E-state index in [2.05, 4.69) is 83.1 Å². The van der Waals surface area contributed by atoms with E-state index in [0.717, 1.165) is 74.0 Å². The maximum absolute atomic E-state index is 6.43. The van der Waals surface area contributed by atoms with E-state index < -0.39 is 0 Å². The van der Waals surface area contributed by atoms with Gasteiger partial charge in [0, 0.05) is 24.0 Å². The first-order valence-electron chi connectivity index (χ1n) is 19.3. The molecule has 3 nitrogen and oxygen atoms in total. The topological polar surface area (TPSA) is 27.7 Å². The average Bonchev–Trinajstić information content (AvgIpc) is 2.87. The summed E-state index contributed by atoms with van der Waals surface area (Å²) in [4.78, 5) is 0. The molecule has 0 aliphatic heterocycles. The summed E-state index contributed by atoms with van der Waals surface area (Å²) in [6.45, 7) is 29.0. The third-order valence-corrected chi connectivity index (χ3v) is 9.92. The Morgan fingerprint density at radius 1 is 0.378 bits per heavy atom. The first-order valence-corrected chi connectivity index (χ1v) is 20.2. The van der Waals surface area contributed by atoms with Crippen molar-refractivity contribution >= 4 is 23.2 Å². The number of rotatable bonds is 30. The number of hydrogen-bond donors (Lipinski definition) is 0. The van der Waals surface area contributed by atoms with Gasteiger partial charge >= 0.3 is 0 Å². The molecule has 0 aliphatic rings. The van der Waals surface area contributed by atoms with E-state index in [-0.39, 0.29) is 23.3 Å². The van der Waals surface area contributed by atoms with Crippen molar-refractivity contribution in [2.24, 2.45) is 47.3 Å². The number of hydrogen-bond acceptors (Lipinski definition) is 3. The van der Waals surface area contributed by atoms with Crippen molar-refractivity contribution in [1.82, 2.24) is 0 Å². The Morgan fingerprint density at radius 2 is 0.644 bits per heavy atom. The summed E-state index contributed by atoms with van der Waals surface area (Å²) in [5.41, 5.74) is 0. The van der Waals surface area contributed by atoms with Crippen LogP contribution in [0.4, 0.5) is 0 Å². The molecule has 0 bridgehead atoms. The predicted molar refractivity (Wildman–Crippen MR) is 200 cm³/mol. The smallest absolute Gasteiger partial charge is 0.160 e. The molecular formula is C40H80Cl2O3. The van der Waals surface area contributed by atoms with Gasteiger partial charge in [0.05, 0.1) is 0 Å². The normalized spacial score (nSPS) is 20.4. The molecule has 0 aromatic rings. The minimum atomic E-state index is -0.176. The quantitative estimate of drug-likeness (QED) is 0.0559. The first kappa shape index (κ1) is 45.5. The van der Waals surface area contributed by atoms with Crippen LogP contribution in [-0.2, 0) is 14.2 Å². The van der Waals surface area contributed by atoms with Crippen LogP contribution in [-0.4, -0.2) is 36.5 Å². The van der Waals surface area contributed by atoms with Gasteiger partial charge in [0.2, 0.25) is 0 Å². The van der Waals surface area contributed by atoms with Crippen LogP contribution < -0.4 is 0 Å². The predicted octanol–water partition coefficient (Wildman–Crippen LogP) is 13.5. The van der Waals surface area contributed by atoms with Crippen molar-refractivity contribution in [2.45, 2.75) is 196 Å². The van der Waals surface area contributed by atoms with Crippen molar-refractivity contribution in [3.63, 3.8) is 0 Å². The fourth-order valence-corrected chi connectivity index (χ4v) is 8.84. The van der Waals surface area contributed by atoms with Crippen molar-refractivity contribution in [1.29, 1.82) is 0 Å². The molecule has 12 atom stereocenters. The molecule has 45 heavy (non-hydrogen) atoms. The molecule has 0 aromatic heterocycles. The molecule has 0 N–H and O–H groups in total. The van der Waals surface area contributed by atoms with E-state index in [1.165, 1.54) is 51.4 Å². The lowest BCUT2D eigenvalue weighted by Crippen LogP contribution is -2.27. The molecule has 12 unspecified atom stereocenters. The van der Waals surface area contributed by atoms with Crippen LogP contribution in [0, 0.1) is 47.3 Å². The Bertz CT molecular complexity index is 605. The molecule has 0 aliphatic carbocycles. The standard InChI is InChI=1S/C40H80Cl2O3/c1-13-43-39(19-15-17-29(3)21-31(5)23-33(7)25-35(9)27-37(11)41)45-40(44-14-2)20-16-18-30(4)22-32(6)24-34(8)26-36(10)28-38(12)42/h29-40H,13-28H2,1-12H3. The summed E-state index contributed by atoms with van der Waals surface area (Å²) in [5, 5.41) is 0.565. The van der Waals surface area contributed by atoms with Crippen molar-refractivity contribution in [3.8, 4) is 0 Å². The van der Waals surface area contributed by atoms with Crippen molar-refractivity contribution < 1.29 is 14.2 Å². The first-order chi connectivity index (χ1) is 21.1. The highest BCUT2D eigenvalue weighted by Crippen LogP contribution is 2.30. The molecular weight excluding hydrogens is 599 g/mol. The van der Waals surface area contributed by atoms with Gasteiger partial charge in [0.1, 0.15) is 0 Å². The van der Waals surface area contributed by atoms with E-state index >= 15 is 0 Å². The Labute approximate surface area is 293 Å². The summed E-state index contributed by atoms with van der Waals surface area (Å²) >= 11 is 12.4. The molecule has 0 heterocycles. The van der Waals surface area contributed by atoms with Gasteiger partial charge in [-0.1, -0.05) is 68.2 Å². The Kier molecular flexibility index (Phi) is 27.6. The van der Waals surface area contributed by atoms with E-state index in [1.807, 2.05) is 0 Å². The number of halogens is 2. The van der Waals surface area contributed by atoms with Crippen LogP contribution in [0.15, 0.2) is 0 Å². The lowest BCUT2D eigenvalue weighted by Gasteiger charge is -2.26. The summed E-state index contributed by atoms with van der Waals surface area (Å²) < 4.78 is 18.5. The lowest BCUT2D eigenvalue weighted by molar-refractivity contribution is -0.247. The number of alkyl halides is 2. The minimum Gasteiger partial charge on any atom is -0.353 e. The fraction of sp³-hybridized carbons (Fsp3) is 1.00. The van der Waals surface area contributed by atoms with Crippen LogP contribution in [0.1, 0.15) is 173 Å². The van der Waals surface area contributed by atoms with Crippen LogP contribution in [0.2, 0.25) is 0 Å². The highest BCUT2D eigenvalue weighted by atomic mass is 35.5. The molecule has 0 spiro atoms. The van der Waals surface area contributed by atoms with Gasteiger partial charge in [0.25, 0.3) is 0 Å². The highest BCUT2D eigenvalue weighted by Gasteiger charge is 2.21. The molecule has 0 amide bonds. The van der Waals surface area contributed by atoms with Crippen molar-refractivity contribution in [3.05, 3.63) is 0 Å². The maximum atomic E-state index is 6.43. The maximum Gasteiger partial charge on any atom is 0.160 e. The van der Waals surface area contributed by atoms with Crippen LogP contribution >= 0.6 is 23.2 Å². The van der Waals surface area contributed by atoms with Crippen LogP contribution in [0.25, 0.3) is 0 Å². The average molecular weight is 680 g/mol. The fourth-order valence-electron chi connectivity index (χ4n) is 8.23. The van der Waals surface area contributed by atoms with Gasteiger partial charge in [0.15, 0.2) is 12.6 Å². The largest absolute Gasteiger partial charge is 0.353 e. The number of ether oxygens (including phenoxy) is 3. The van der Waals surface area contributed by atoms with E-state index in [9.17, 15) is 0 Å². The molecule has 0 saturated heterocycles. The molecule has 5 heteroatoms. The van der Waals surface area contributed by atoms with Crippen LogP contribution in [0.5, 0.6) is 0 Å². The third-order valence-electron chi connectivity index (χ3n) is 9.56. The summed E-state index contributed by atoms with van der Waals surface area (Å²) in [7, 11) is 0. The third kappa shape index (κ3) is 27.0. The lowest BCUT2D eigenvalue weighted by atomic mass is 9.83. The van der Waals surface area contributed by atoms with Gasteiger partial charge in [-0.05, 0) is 152 Å². The molecule has 0 rings (SSSR count). The molecule has 0 radical (unpaired) electrons. The van der Waals surface area contributed by atoms with E-state index in [0.29, 0.717) is 25.0 Å². The van der Waals surface area contributed by atoms with Gasteiger partial charge < -0.3 is 14.2 Å². The van der Waals surface area contributed by atoms with Crippen molar-refractivity contribution in [2.75, 3.05) is 13.2 Å². The van der Waals surface area contributed by atoms with Crippen LogP contribution in [0.3, 0.4) is 0 Å². The molecule has 0 aromatic carbocycles. The monoisotopic (exact) mass is 679 g/mol. The van der Waals surface area contributed by atoms with Gasteiger partial charge in [-0.3, -0.25) is 0 Å². The summed E-state index contributed by atoms with van der Waals surface area (Å²) in [6.07, 6.45) is 16.3. The Hall–Kier alpha value is 0.460. The molecule has 0 saturated carbocycles. The van der Waals surface area contributed by atoms with Gasteiger partial charge in [-0.15, -0.1) is 23.2 Å². The van der Waals surface area contributed by atoms with Gasteiger partial charge in [-0.2, -0.15) is 0 Å². The zero-order chi connectivity index (χ0) is 34.4. The second-order valence-corrected chi connectivity index (χ2v) is 17.5. The summed E-state index contributed by atoms with van der Waals surface area (Å²) in [5.74, 6) is 5.93. The zero-order valence-electron chi connectivity index (χ0n) is 32.2. The minimum absolute atomic E-state index is 0.176. The highest BCUT2D eigenvalue weighted by molar-refractivity contribution is 6.20. The van der Waals surface area contributed by atoms with E-state index in [4.69, 9.17) is 37.4 Å². The molecule has 272 valence electrons. The Morgan fingerprint density at radius 3 is 0.911 bits per heavy atom. The second-order valence-electron chi connectivity index (χ2n) is 16.1. The Balaban J connectivity index is 4.50. The summed E-state index contributed by atoms with van der Waals surface area (Å²) in [6, 6.07) is 0. The SMILES string of the molecule is CCOC(CCCC(C)CC(C)CC(C)CC(C)CC(C)Cl)OC(CCCC(C)CC(C)CC(C)CC(C)CC(C)Cl)OCC. The second kappa shape index (κ2) is 27.3. The molecule has 0 fully saturated rings.